The van der Waals surface area contributed by atoms with Crippen LogP contribution in [0.25, 0.3) is 0 Å². The summed E-state index contributed by atoms with van der Waals surface area (Å²) < 4.78 is 33.6. The van der Waals surface area contributed by atoms with Crippen LogP contribution >= 0.6 is 10.6 Å². The standard InChI is InChI=1S/C16H17N3O5S2/c1-9-12(7-11-5-4-6-18-8-11)13-15(10(2)14(9)20)25(16(17-3)19-13)23-26(21,22)24-25/h4-6,8,20H,7H2,1-3H3,(H,17,19). The van der Waals surface area contributed by atoms with E-state index in [1.165, 1.54) is 7.05 Å². The third kappa shape index (κ3) is 2.33. The van der Waals surface area contributed by atoms with E-state index in [9.17, 15) is 13.5 Å². The highest BCUT2D eigenvalue weighted by Gasteiger charge is 2.56. The molecule has 3 heterocycles. The molecule has 0 radical (unpaired) electrons. The number of aliphatic imine (C=N–C) groups is 1. The number of hydrogen-bond donors (Lipinski definition) is 2. The minimum atomic E-state index is -4.05. The van der Waals surface area contributed by atoms with Crippen LogP contribution in [0.15, 0.2) is 34.4 Å². The highest BCUT2D eigenvalue weighted by Crippen LogP contribution is 2.75. The highest BCUT2D eigenvalue weighted by molar-refractivity contribution is 8.47. The summed E-state index contributed by atoms with van der Waals surface area (Å²) in [5, 5.41) is 14.1. The van der Waals surface area contributed by atoms with Gasteiger partial charge in [-0.25, -0.2) is 0 Å². The van der Waals surface area contributed by atoms with Crippen molar-refractivity contribution in [2.24, 2.45) is 4.99 Å². The van der Waals surface area contributed by atoms with Crippen molar-refractivity contribution in [2.45, 2.75) is 25.2 Å². The van der Waals surface area contributed by atoms with Crippen LogP contribution in [-0.2, 0) is 24.1 Å². The molecule has 8 nitrogen and oxygen atoms in total. The summed E-state index contributed by atoms with van der Waals surface area (Å²) in [5.41, 5.74) is 3.66. The fourth-order valence-electron chi connectivity index (χ4n) is 3.26. The van der Waals surface area contributed by atoms with Crippen molar-refractivity contribution >= 4 is 31.8 Å². The molecule has 2 aliphatic rings. The average molecular weight is 395 g/mol. The quantitative estimate of drug-likeness (QED) is 0.752. The van der Waals surface area contributed by atoms with Gasteiger partial charge in [0, 0.05) is 31.4 Å². The molecule has 0 bridgehead atoms. The number of hydrogen-bond acceptors (Lipinski definition) is 7. The number of amidine groups is 1. The van der Waals surface area contributed by atoms with Crippen molar-refractivity contribution in [3.05, 3.63) is 46.8 Å². The molecule has 2 N–H and O–H groups in total. The highest BCUT2D eigenvalue weighted by atomic mass is 32.4. The van der Waals surface area contributed by atoms with Crippen molar-refractivity contribution in [1.82, 2.24) is 4.98 Å². The normalized spacial score (nSPS) is 21.9. The number of nitrogens with one attached hydrogen (secondary N) is 1. The Balaban J connectivity index is 1.94. The van der Waals surface area contributed by atoms with Gasteiger partial charge in [-0.05, 0) is 36.6 Å². The topological polar surface area (TPSA) is 110 Å². The van der Waals surface area contributed by atoms with Crippen molar-refractivity contribution in [2.75, 3.05) is 12.4 Å². The Kier molecular flexibility index (Phi) is 3.77. The number of nitrogens with zero attached hydrogens (tertiary/aromatic N) is 2. The van der Waals surface area contributed by atoms with Crippen LogP contribution in [0, 0.1) is 13.8 Å². The second kappa shape index (κ2) is 5.68. The monoisotopic (exact) mass is 395 g/mol. The molecule has 1 spiro atoms. The number of aromatic hydroxyl groups is 1. The van der Waals surface area contributed by atoms with Gasteiger partial charge in [0.15, 0.2) is 0 Å². The molecule has 0 saturated carbocycles. The number of anilines is 1. The fourth-order valence-corrected chi connectivity index (χ4v) is 7.85. The Labute approximate surface area is 153 Å². The molecule has 1 fully saturated rings. The van der Waals surface area contributed by atoms with Crippen LogP contribution in [0.4, 0.5) is 5.69 Å². The lowest BCUT2D eigenvalue weighted by Crippen LogP contribution is -2.33. The second-order valence-corrected chi connectivity index (χ2v) is 9.73. The number of pyridine rings is 1. The molecule has 2 aromatic rings. The van der Waals surface area contributed by atoms with Gasteiger partial charge in [0.05, 0.1) is 5.69 Å². The Morgan fingerprint density at radius 1 is 1.27 bits per heavy atom. The van der Waals surface area contributed by atoms with E-state index in [4.69, 9.17) is 7.26 Å². The van der Waals surface area contributed by atoms with Crippen LogP contribution in [-0.4, -0.2) is 30.7 Å². The van der Waals surface area contributed by atoms with E-state index >= 15 is 0 Å². The molecule has 26 heavy (non-hydrogen) atoms. The summed E-state index contributed by atoms with van der Waals surface area (Å²) in [6.45, 7) is 3.53. The maximum Gasteiger partial charge on any atom is 0.438 e. The predicted molar refractivity (Wildman–Crippen MR) is 98.6 cm³/mol. The van der Waals surface area contributed by atoms with Crippen molar-refractivity contribution in [3.63, 3.8) is 0 Å². The SMILES string of the molecule is CN=C1Nc2c(Cc3cccnc3)c(C)c(O)c(C)c2S12OS(=O)(=O)O2. The Morgan fingerprint density at radius 2 is 2.00 bits per heavy atom. The molecule has 0 unspecified atom stereocenters. The molecular formula is C16H17N3O5S2. The smallest absolute Gasteiger partial charge is 0.438 e. The maximum absolute atomic E-state index is 11.6. The van der Waals surface area contributed by atoms with E-state index in [1.54, 1.807) is 19.3 Å². The van der Waals surface area contributed by atoms with E-state index in [-0.39, 0.29) is 5.75 Å². The van der Waals surface area contributed by atoms with Gasteiger partial charge in [-0.3, -0.25) is 9.98 Å². The molecule has 138 valence electrons. The fraction of sp³-hybridized carbons (Fsp3) is 0.250. The summed E-state index contributed by atoms with van der Waals surface area (Å²) in [6, 6.07) is 3.77. The number of rotatable bonds is 2. The van der Waals surface area contributed by atoms with Crippen LogP contribution in [0.3, 0.4) is 0 Å². The summed E-state index contributed by atoms with van der Waals surface area (Å²) in [6.07, 6.45) is 3.94. The molecule has 0 amide bonds. The molecular weight excluding hydrogens is 378 g/mol. The number of aromatic nitrogens is 1. The summed E-state index contributed by atoms with van der Waals surface area (Å²) in [5.74, 6) is 0.0881. The lowest BCUT2D eigenvalue weighted by Gasteiger charge is -2.43. The summed E-state index contributed by atoms with van der Waals surface area (Å²) >= 11 is 0. The van der Waals surface area contributed by atoms with Gasteiger partial charge in [0.2, 0.25) is 5.17 Å². The molecule has 1 saturated heterocycles. The third-order valence-corrected chi connectivity index (χ3v) is 9.16. The molecule has 1 aromatic heterocycles. The summed E-state index contributed by atoms with van der Waals surface area (Å²) in [4.78, 5) is 8.76. The molecule has 0 atom stereocenters. The van der Waals surface area contributed by atoms with E-state index in [0.29, 0.717) is 33.3 Å². The van der Waals surface area contributed by atoms with E-state index in [2.05, 4.69) is 15.3 Å². The maximum atomic E-state index is 11.6. The van der Waals surface area contributed by atoms with Crippen molar-refractivity contribution < 1.29 is 20.8 Å². The molecule has 10 heteroatoms. The molecule has 2 aliphatic heterocycles. The lowest BCUT2D eigenvalue weighted by atomic mass is 9.96. The second-order valence-electron chi connectivity index (χ2n) is 6.02. The van der Waals surface area contributed by atoms with Gasteiger partial charge in [0.25, 0.3) is 0 Å². The first kappa shape index (κ1) is 17.3. The van der Waals surface area contributed by atoms with E-state index < -0.39 is 21.0 Å². The minimum Gasteiger partial charge on any atom is -0.507 e. The van der Waals surface area contributed by atoms with Gasteiger partial charge in [-0.2, -0.15) is 8.42 Å². The average Bonchev–Trinajstić information content (AvgIpc) is 2.91. The van der Waals surface area contributed by atoms with Gasteiger partial charge in [0.1, 0.15) is 10.6 Å². The zero-order chi connectivity index (χ0) is 18.7. The first-order valence-corrected chi connectivity index (χ1v) is 10.6. The molecule has 0 aliphatic carbocycles. The largest absolute Gasteiger partial charge is 0.507 e. The molecule has 1 aromatic carbocycles. The van der Waals surface area contributed by atoms with Gasteiger partial charge in [-0.1, -0.05) is 16.7 Å². The van der Waals surface area contributed by atoms with E-state index in [1.807, 2.05) is 19.1 Å². The Morgan fingerprint density at radius 3 is 2.58 bits per heavy atom. The Bertz CT molecular complexity index is 1040. The van der Waals surface area contributed by atoms with Crippen molar-refractivity contribution in [3.8, 4) is 5.75 Å². The number of fused-ring (bicyclic) bond motifs is 2. The van der Waals surface area contributed by atoms with Crippen LogP contribution in [0.5, 0.6) is 5.75 Å². The predicted octanol–water partition coefficient (Wildman–Crippen LogP) is 2.69. The lowest BCUT2D eigenvalue weighted by molar-refractivity contribution is 0.351. The van der Waals surface area contributed by atoms with E-state index in [0.717, 1.165) is 11.1 Å². The summed E-state index contributed by atoms with van der Waals surface area (Å²) in [7, 11) is -5.24. The number of phenols is 1. The van der Waals surface area contributed by atoms with Crippen LogP contribution < -0.4 is 5.32 Å². The first-order chi connectivity index (χ1) is 12.3. The zero-order valence-corrected chi connectivity index (χ0v) is 15.9. The van der Waals surface area contributed by atoms with Gasteiger partial charge >= 0.3 is 10.4 Å². The molecule has 4 rings (SSSR count). The first-order valence-electron chi connectivity index (χ1n) is 7.77. The van der Waals surface area contributed by atoms with Crippen molar-refractivity contribution in [1.29, 1.82) is 0 Å². The minimum absolute atomic E-state index is 0.0881. The van der Waals surface area contributed by atoms with Gasteiger partial charge in [-0.15, -0.1) is 7.26 Å². The zero-order valence-electron chi connectivity index (χ0n) is 14.3. The van der Waals surface area contributed by atoms with Gasteiger partial charge < -0.3 is 10.4 Å². The van der Waals surface area contributed by atoms with Crippen LogP contribution in [0.1, 0.15) is 22.3 Å². The Hall–Kier alpha value is -2.14. The third-order valence-electron chi connectivity index (χ3n) is 4.45. The number of benzene rings is 1. The van der Waals surface area contributed by atoms with Crippen LogP contribution in [0.2, 0.25) is 0 Å². The number of phenolic OH excluding ortho intramolecular Hbond substituents is 1.